The summed E-state index contributed by atoms with van der Waals surface area (Å²) in [7, 11) is -3.38. The van der Waals surface area contributed by atoms with E-state index >= 15 is 0 Å². The predicted octanol–water partition coefficient (Wildman–Crippen LogP) is 2.88. The Morgan fingerprint density at radius 2 is 1.74 bits per heavy atom. The van der Waals surface area contributed by atoms with Crippen molar-refractivity contribution in [1.29, 1.82) is 0 Å². The van der Waals surface area contributed by atoms with Gasteiger partial charge in [0.05, 0.1) is 10.1 Å². The van der Waals surface area contributed by atoms with Crippen molar-refractivity contribution in [3.8, 4) is 0 Å². The topological polar surface area (TPSA) is 60.2 Å². The molecule has 0 amide bonds. The molecule has 0 saturated heterocycles. The average molecular weight is 302 g/mol. The molecule has 0 spiro atoms. The molecule has 0 heterocycles. The highest BCUT2D eigenvalue weighted by molar-refractivity contribution is 7.92. The molecule has 2 N–H and O–H groups in total. The number of halogens is 1. The Kier molecular flexibility index (Phi) is 4.23. The van der Waals surface area contributed by atoms with Crippen molar-refractivity contribution in [1.82, 2.24) is 0 Å². The largest absolute Gasteiger partial charge is 0.326 e. The maximum absolute atomic E-state index is 12.7. The van der Waals surface area contributed by atoms with Gasteiger partial charge < -0.3 is 5.73 Å². The molecular formula is C14H20ClNO2S. The summed E-state index contributed by atoms with van der Waals surface area (Å²) in [5.41, 5.74) is 6.11. The van der Waals surface area contributed by atoms with Crippen LogP contribution >= 0.6 is 11.6 Å². The van der Waals surface area contributed by atoms with Gasteiger partial charge in [-0.15, -0.1) is 0 Å². The summed E-state index contributed by atoms with van der Waals surface area (Å²) in [5, 5.41) is 0.0402. The smallest absolute Gasteiger partial charge is 0.183 e. The van der Waals surface area contributed by atoms with Gasteiger partial charge in [0.2, 0.25) is 0 Å². The fraction of sp³-hybridized carbons (Fsp3) is 0.571. The highest BCUT2D eigenvalue weighted by Crippen LogP contribution is 2.35. The second kappa shape index (κ2) is 5.43. The SMILES string of the molecule is CC1CC(C)C(S(=O)(=O)c2ccc(Cl)cc2)C(N)C1. The molecular weight excluding hydrogens is 282 g/mol. The molecule has 1 fully saturated rings. The third-order valence-corrected chi connectivity index (χ3v) is 6.64. The van der Waals surface area contributed by atoms with Gasteiger partial charge in [-0.3, -0.25) is 0 Å². The van der Waals surface area contributed by atoms with Crippen molar-refractivity contribution in [2.24, 2.45) is 17.6 Å². The van der Waals surface area contributed by atoms with Crippen molar-refractivity contribution < 1.29 is 8.42 Å². The number of nitrogens with two attached hydrogens (primary N) is 1. The zero-order valence-electron chi connectivity index (χ0n) is 11.2. The predicted molar refractivity (Wildman–Crippen MR) is 78.0 cm³/mol. The van der Waals surface area contributed by atoms with E-state index in [4.69, 9.17) is 17.3 Å². The maximum Gasteiger partial charge on any atom is 0.183 e. The monoisotopic (exact) mass is 301 g/mol. The Balaban J connectivity index is 2.36. The van der Waals surface area contributed by atoms with Crippen molar-refractivity contribution in [3.63, 3.8) is 0 Å². The van der Waals surface area contributed by atoms with E-state index in [1.54, 1.807) is 24.3 Å². The molecule has 0 aromatic heterocycles. The van der Waals surface area contributed by atoms with Crippen LogP contribution in [0, 0.1) is 11.8 Å². The van der Waals surface area contributed by atoms with Gasteiger partial charge in [0, 0.05) is 11.1 Å². The summed E-state index contributed by atoms with van der Waals surface area (Å²) >= 11 is 5.80. The molecule has 1 aliphatic carbocycles. The lowest BCUT2D eigenvalue weighted by atomic mass is 9.80. The van der Waals surface area contributed by atoms with E-state index in [1.165, 1.54) is 0 Å². The second-order valence-electron chi connectivity index (χ2n) is 5.68. The van der Waals surface area contributed by atoms with Crippen LogP contribution in [0.25, 0.3) is 0 Å². The fourth-order valence-electron chi connectivity index (χ4n) is 3.20. The van der Waals surface area contributed by atoms with E-state index in [2.05, 4.69) is 6.92 Å². The van der Waals surface area contributed by atoms with Crippen LogP contribution in [0.4, 0.5) is 0 Å². The molecule has 1 aromatic rings. The fourth-order valence-corrected chi connectivity index (χ4v) is 5.45. The average Bonchev–Trinajstić information content (AvgIpc) is 2.27. The van der Waals surface area contributed by atoms with Gasteiger partial charge in [0.1, 0.15) is 0 Å². The van der Waals surface area contributed by atoms with Gasteiger partial charge in [0.15, 0.2) is 9.84 Å². The number of rotatable bonds is 2. The first-order chi connectivity index (χ1) is 8.82. The normalized spacial score (nSPS) is 32.2. The molecule has 1 aromatic carbocycles. The molecule has 19 heavy (non-hydrogen) atoms. The molecule has 1 aliphatic rings. The highest BCUT2D eigenvalue weighted by atomic mass is 35.5. The van der Waals surface area contributed by atoms with Gasteiger partial charge in [-0.05, 0) is 48.9 Å². The van der Waals surface area contributed by atoms with Crippen LogP contribution in [0.1, 0.15) is 26.7 Å². The summed E-state index contributed by atoms with van der Waals surface area (Å²) < 4.78 is 25.4. The zero-order valence-corrected chi connectivity index (χ0v) is 12.8. The van der Waals surface area contributed by atoms with Crippen molar-refractivity contribution in [3.05, 3.63) is 29.3 Å². The lowest BCUT2D eigenvalue weighted by Gasteiger charge is -2.37. The van der Waals surface area contributed by atoms with E-state index in [-0.39, 0.29) is 12.0 Å². The minimum Gasteiger partial charge on any atom is -0.326 e. The Hall–Kier alpha value is -0.580. The summed E-state index contributed by atoms with van der Waals surface area (Å²) in [6.45, 7) is 4.11. The number of sulfone groups is 1. The summed E-state index contributed by atoms with van der Waals surface area (Å²) in [6, 6.07) is 6.05. The van der Waals surface area contributed by atoms with Gasteiger partial charge in [0.25, 0.3) is 0 Å². The van der Waals surface area contributed by atoms with E-state index < -0.39 is 15.1 Å². The van der Waals surface area contributed by atoms with E-state index in [9.17, 15) is 8.42 Å². The Morgan fingerprint density at radius 1 is 1.16 bits per heavy atom. The van der Waals surface area contributed by atoms with Gasteiger partial charge in [-0.2, -0.15) is 0 Å². The van der Waals surface area contributed by atoms with Crippen molar-refractivity contribution in [2.45, 2.75) is 42.9 Å². The third-order valence-electron chi connectivity index (χ3n) is 3.93. The molecule has 106 valence electrons. The van der Waals surface area contributed by atoms with Crippen LogP contribution in [0.2, 0.25) is 5.02 Å². The molecule has 0 bridgehead atoms. The third kappa shape index (κ3) is 2.96. The second-order valence-corrected chi connectivity index (χ2v) is 8.22. The quantitative estimate of drug-likeness (QED) is 0.913. The zero-order chi connectivity index (χ0) is 14.2. The van der Waals surface area contributed by atoms with Crippen LogP contribution in [-0.4, -0.2) is 19.7 Å². The van der Waals surface area contributed by atoms with E-state index in [1.807, 2.05) is 6.92 Å². The molecule has 1 saturated carbocycles. The molecule has 4 atom stereocenters. The minimum absolute atomic E-state index is 0.0828. The van der Waals surface area contributed by atoms with Crippen LogP contribution < -0.4 is 5.73 Å². The van der Waals surface area contributed by atoms with Gasteiger partial charge in [-0.25, -0.2) is 8.42 Å². The first kappa shape index (κ1) is 14.8. The molecule has 4 unspecified atom stereocenters. The Labute approximate surface area is 120 Å². The van der Waals surface area contributed by atoms with Crippen LogP contribution in [0.5, 0.6) is 0 Å². The van der Waals surface area contributed by atoms with Gasteiger partial charge >= 0.3 is 0 Å². The molecule has 3 nitrogen and oxygen atoms in total. The standard InChI is InChI=1S/C14H20ClNO2S/c1-9-7-10(2)14(13(16)8-9)19(17,18)12-5-3-11(15)4-6-12/h3-6,9-10,13-14H,7-8,16H2,1-2H3. The minimum atomic E-state index is -3.38. The molecule has 0 radical (unpaired) electrons. The number of hydrogen-bond acceptors (Lipinski definition) is 3. The summed E-state index contributed by atoms with van der Waals surface area (Å²) in [6.07, 6.45) is 1.67. The first-order valence-corrected chi connectivity index (χ1v) is 8.50. The van der Waals surface area contributed by atoms with Crippen molar-refractivity contribution >= 4 is 21.4 Å². The van der Waals surface area contributed by atoms with Crippen LogP contribution in [-0.2, 0) is 9.84 Å². The number of hydrogen-bond donors (Lipinski definition) is 1. The summed E-state index contributed by atoms with van der Waals surface area (Å²) in [4.78, 5) is 0.318. The van der Waals surface area contributed by atoms with Gasteiger partial charge in [-0.1, -0.05) is 25.4 Å². The van der Waals surface area contributed by atoms with E-state index in [0.717, 1.165) is 12.8 Å². The summed E-state index contributed by atoms with van der Waals surface area (Å²) in [5.74, 6) is 0.570. The maximum atomic E-state index is 12.7. The van der Waals surface area contributed by atoms with Crippen LogP contribution in [0.15, 0.2) is 29.2 Å². The number of benzene rings is 1. The Morgan fingerprint density at radius 3 is 2.26 bits per heavy atom. The molecule has 5 heteroatoms. The lowest BCUT2D eigenvalue weighted by molar-refractivity contribution is 0.271. The highest BCUT2D eigenvalue weighted by Gasteiger charge is 2.41. The first-order valence-electron chi connectivity index (χ1n) is 6.57. The molecule has 2 rings (SSSR count). The molecule has 0 aliphatic heterocycles. The Bertz CT molecular complexity index is 529. The lowest BCUT2D eigenvalue weighted by Crippen LogP contribution is -2.49. The van der Waals surface area contributed by atoms with Crippen LogP contribution in [0.3, 0.4) is 0 Å². The van der Waals surface area contributed by atoms with Crippen molar-refractivity contribution in [2.75, 3.05) is 0 Å². The van der Waals surface area contributed by atoms with E-state index in [0.29, 0.717) is 15.8 Å².